The van der Waals surface area contributed by atoms with E-state index in [2.05, 4.69) is 69.0 Å². The van der Waals surface area contributed by atoms with E-state index in [1.165, 1.54) is 11.1 Å². The van der Waals surface area contributed by atoms with Crippen LogP contribution in [0.2, 0.25) is 0 Å². The molecule has 0 spiro atoms. The van der Waals surface area contributed by atoms with Crippen molar-refractivity contribution in [2.45, 2.75) is 52.6 Å². The van der Waals surface area contributed by atoms with Gasteiger partial charge in [0.1, 0.15) is 12.4 Å². The van der Waals surface area contributed by atoms with Gasteiger partial charge in [-0.3, -0.25) is 9.69 Å². The number of rotatable bonds is 2. The predicted molar refractivity (Wildman–Crippen MR) is 109 cm³/mol. The zero-order chi connectivity index (χ0) is 19.2. The van der Waals surface area contributed by atoms with Crippen LogP contribution in [0.25, 0.3) is 6.08 Å². The van der Waals surface area contributed by atoms with Gasteiger partial charge in [-0.2, -0.15) is 0 Å². The van der Waals surface area contributed by atoms with Crippen LogP contribution in [0.1, 0.15) is 57.7 Å². The molecule has 4 rings (SSSR count). The van der Waals surface area contributed by atoms with Gasteiger partial charge in [0, 0.05) is 25.9 Å². The van der Waals surface area contributed by atoms with Crippen LogP contribution in [-0.4, -0.2) is 42.3 Å². The molecule has 0 aromatic heterocycles. The maximum atomic E-state index is 11.8. The maximum Gasteiger partial charge on any atom is 0.195 e. The van der Waals surface area contributed by atoms with E-state index in [1.54, 1.807) is 0 Å². The first-order valence-corrected chi connectivity index (χ1v) is 10.0. The molecule has 3 atom stereocenters. The molecule has 3 aliphatic rings. The van der Waals surface area contributed by atoms with Gasteiger partial charge < -0.3 is 4.74 Å². The summed E-state index contributed by atoms with van der Waals surface area (Å²) in [5.74, 6) is 1.21. The van der Waals surface area contributed by atoms with Crippen molar-refractivity contribution in [1.82, 2.24) is 4.90 Å². The van der Waals surface area contributed by atoms with Crippen molar-refractivity contribution in [2.24, 2.45) is 15.8 Å². The summed E-state index contributed by atoms with van der Waals surface area (Å²) in [4.78, 5) is 19.3. The van der Waals surface area contributed by atoms with Gasteiger partial charge in [0.25, 0.3) is 0 Å². The number of nitrogens with zero attached hydrogens (tertiary/aromatic N) is 2. The fourth-order valence-electron chi connectivity index (χ4n) is 4.50. The lowest BCUT2D eigenvalue weighted by Crippen LogP contribution is -2.47. The number of fused-ring (bicyclic) bond motifs is 1. The monoisotopic (exact) mass is 366 g/mol. The Morgan fingerprint density at radius 1 is 1.19 bits per heavy atom. The lowest BCUT2D eigenvalue weighted by Gasteiger charge is -2.45. The Hall–Kier alpha value is -1.94. The third kappa shape index (κ3) is 3.25. The van der Waals surface area contributed by atoms with Gasteiger partial charge in [-0.05, 0) is 23.5 Å². The highest BCUT2D eigenvalue weighted by molar-refractivity contribution is 5.89. The van der Waals surface area contributed by atoms with E-state index in [4.69, 9.17) is 9.73 Å². The number of aliphatic imine (C=N–C) groups is 1. The van der Waals surface area contributed by atoms with Crippen LogP contribution in [0, 0.1) is 10.8 Å². The van der Waals surface area contributed by atoms with E-state index in [9.17, 15) is 4.79 Å². The van der Waals surface area contributed by atoms with Crippen LogP contribution < -0.4 is 0 Å². The third-order valence-electron chi connectivity index (χ3n) is 6.30. The van der Waals surface area contributed by atoms with Crippen LogP contribution in [-0.2, 0) is 9.53 Å². The fourth-order valence-corrected chi connectivity index (χ4v) is 4.50. The van der Waals surface area contributed by atoms with Gasteiger partial charge in [-0.1, -0.05) is 57.2 Å². The number of ether oxygens (including phenoxy) is 1. The highest BCUT2D eigenvalue weighted by Gasteiger charge is 2.48. The van der Waals surface area contributed by atoms with Crippen LogP contribution >= 0.6 is 0 Å². The van der Waals surface area contributed by atoms with Gasteiger partial charge in [0.15, 0.2) is 5.90 Å². The molecule has 0 saturated carbocycles. The largest absolute Gasteiger partial charge is 0.478 e. The Morgan fingerprint density at radius 2 is 1.89 bits per heavy atom. The molecular weight excluding hydrogens is 336 g/mol. The fraction of sp³-hybridized carbons (Fsp3) is 0.565. The summed E-state index contributed by atoms with van der Waals surface area (Å²) in [7, 11) is 0. The summed E-state index contributed by atoms with van der Waals surface area (Å²) in [6, 6.07) is 8.90. The van der Waals surface area contributed by atoms with Crippen molar-refractivity contribution in [3.63, 3.8) is 0 Å². The second kappa shape index (κ2) is 6.59. The molecular formula is C23H30N2O2. The molecule has 0 amide bonds. The molecule has 0 N–H and O–H groups in total. The molecule has 0 bridgehead atoms. The highest BCUT2D eigenvalue weighted by Crippen LogP contribution is 2.48. The van der Waals surface area contributed by atoms with E-state index >= 15 is 0 Å². The van der Waals surface area contributed by atoms with Gasteiger partial charge >= 0.3 is 0 Å². The second-order valence-electron chi connectivity index (χ2n) is 9.35. The lowest BCUT2D eigenvalue weighted by molar-refractivity contribution is -0.122. The SMILES string of the molecule is CC(C)(C)[C@H]1COC([C@]2(C)C=Cc3ccccc3[C@@H]2N2CCC(=O)CC2)=N1. The standard InChI is InChI=1S/C23H30N2O2/c1-22(2,3)19-15-27-21(24-19)23(4)12-9-16-7-5-6-8-18(16)20(23)25-13-10-17(26)11-14-25/h5-9,12,19-20H,10-11,13-15H2,1-4H3/t19-,20+,23-/m1/s1. The molecule has 2 heterocycles. The smallest absolute Gasteiger partial charge is 0.195 e. The van der Waals surface area contributed by atoms with E-state index in [0.29, 0.717) is 25.2 Å². The average molecular weight is 367 g/mol. The van der Waals surface area contributed by atoms with Crippen molar-refractivity contribution in [2.75, 3.05) is 19.7 Å². The van der Waals surface area contributed by atoms with Crippen LogP contribution in [0.3, 0.4) is 0 Å². The Morgan fingerprint density at radius 3 is 2.56 bits per heavy atom. The van der Waals surface area contributed by atoms with Gasteiger partial charge in [-0.15, -0.1) is 0 Å². The number of piperidine rings is 1. The summed E-state index contributed by atoms with van der Waals surface area (Å²) in [5, 5.41) is 0. The second-order valence-corrected chi connectivity index (χ2v) is 9.35. The van der Waals surface area contributed by atoms with Gasteiger partial charge in [0.05, 0.1) is 17.5 Å². The quantitative estimate of drug-likeness (QED) is 0.785. The van der Waals surface area contributed by atoms with Gasteiger partial charge in [0.2, 0.25) is 0 Å². The number of ketones is 1. The Kier molecular flexibility index (Phi) is 4.50. The minimum Gasteiger partial charge on any atom is -0.478 e. The molecule has 1 aromatic rings. The lowest BCUT2D eigenvalue weighted by atomic mass is 9.71. The molecule has 0 radical (unpaired) electrons. The summed E-state index contributed by atoms with van der Waals surface area (Å²) in [6.45, 7) is 11.1. The Balaban J connectivity index is 1.75. The molecule has 4 nitrogen and oxygen atoms in total. The molecule has 144 valence electrons. The predicted octanol–water partition coefficient (Wildman–Crippen LogP) is 4.27. The van der Waals surface area contributed by atoms with Crippen molar-refractivity contribution >= 4 is 17.8 Å². The van der Waals surface area contributed by atoms with Crippen LogP contribution in [0.5, 0.6) is 0 Å². The minimum absolute atomic E-state index is 0.0848. The summed E-state index contributed by atoms with van der Waals surface area (Å²) in [5.41, 5.74) is 2.32. The van der Waals surface area contributed by atoms with E-state index in [-0.39, 0.29) is 22.9 Å². The number of benzene rings is 1. The first-order chi connectivity index (χ1) is 12.8. The molecule has 0 unspecified atom stereocenters. The van der Waals surface area contributed by atoms with Crippen molar-refractivity contribution in [1.29, 1.82) is 0 Å². The Bertz CT molecular complexity index is 795. The van der Waals surface area contributed by atoms with E-state index in [0.717, 1.165) is 19.0 Å². The van der Waals surface area contributed by atoms with Crippen molar-refractivity contribution in [3.05, 3.63) is 41.5 Å². The molecule has 1 fully saturated rings. The van der Waals surface area contributed by atoms with E-state index < -0.39 is 0 Å². The number of carbonyl (C=O) groups is 1. The highest BCUT2D eigenvalue weighted by atomic mass is 16.5. The zero-order valence-electron chi connectivity index (χ0n) is 16.9. The van der Waals surface area contributed by atoms with E-state index in [1.807, 2.05) is 0 Å². The number of hydrogen-bond acceptors (Lipinski definition) is 4. The van der Waals surface area contributed by atoms with Crippen LogP contribution in [0.15, 0.2) is 35.3 Å². The first-order valence-electron chi connectivity index (χ1n) is 10.0. The maximum absolute atomic E-state index is 11.8. The summed E-state index contributed by atoms with van der Waals surface area (Å²) >= 11 is 0. The topological polar surface area (TPSA) is 41.9 Å². The first kappa shape index (κ1) is 18.4. The van der Waals surface area contributed by atoms with Crippen molar-refractivity contribution < 1.29 is 9.53 Å². The number of hydrogen-bond donors (Lipinski definition) is 0. The minimum atomic E-state index is -0.325. The number of Topliss-reactive ketones (excluding diaryl/α,β-unsaturated/α-hetero) is 1. The molecule has 1 aromatic carbocycles. The molecule has 1 aliphatic carbocycles. The number of likely N-dealkylation sites (tertiary alicyclic amines) is 1. The Labute approximate surface area is 162 Å². The molecule has 27 heavy (non-hydrogen) atoms. The zero-order valence-corrected chi connectivity index (χ0v) is 16.9. The van der Waals surface area contributed by atoms with Crippen LogP contribution in [0.4, 0.5) is 0 Å². The van der Waals surface area contributed by atoms with Gasteiger partial charge in [-0.25, -0.2) is 4.99 Å². The number of carbonyl (C=O) groups excluding carboxylic acids is 1. The molecule has 2 aliphatic heterocycles. The molecule has 1 saturated heterocycles. The van der Waals surface area contributed by atoms with Crippen molar-refractivity contribution in [3.8, 4) is 0 Å². The summed E-state index contributed by atoms with van der Waals surface area (Å²) < 4.78 is 6.20. The normalized spacial score (nSPS) is 31.4. The average Bonchev–Trinajstić information content (AvgIpc) is 3.14. The summed E-state index contributed by atoms with van der Waals surface area (Å²) in [6.07, 6.45) is 5.74. The molecule has 4 heteroatoms. The third-order valence-corrected chi connectivity index (χ3v) is 6.30.